The molecule has 0 aliphatic carbocycles. The monoisotopic (exact) mass is 294 g/mol. The van der Waals surface area contributed by atoms with Gasteiger partial charge in [-0.2, -0.15) is 0 Å². The fourth-order valence-corrected chi connectivity index (χ4v) is 2.47. The Morgan fingerprint density at radius 1 is 0.950 bits per heavy atom. The van der Waals surface area contributed by atoms with Crippen molar-refractivity contribution in [2.75, 3.05) is 5.88 Å². The van der Waals surface area contributed by atoms with E-state index >= 15 is 0 Å². The first-order chi connectivity index (χ1) is 9.60. The topological polar surface area (TPSA) is 0 Å². The van der Waals surface area contributed by atoms with Gasteiger partial charge in [0.1, 0.15) is 11.6 Å². The molecule has 0 saturated heterocycles. The molecule has 1 atom stereocenters. The smallest absolute Gasteiger partial charge is 0.129 e. The van der Waals surface area contributed by atoms with Gasteiger partial charge >= 0.3 is 0 Å². The lowest BCUT2D eigenvalue weighted by Crippen LogP contribution is -2.12. The second-order valence-corrected chi connectivity index (χ2v) is 5.42. The number of halogens is 3. The number of rotatable bonds is 5. The highest BCUT2D eigenvalue weighted by Crippen LogP contribution is 2.21. The van der Waals surface area contributed by atoms with Gasteiger partial charge in [0.05, 0.1) is 0 Å². The molecule has 2 aromatic carbocycles. The van der Waals surface area contributed by atoms with Crippen LogP contribution in [0.4, 0.5) is 8.78 Å². The Hall–Kier alpha value is -1.41. The molecule has 0 radical (unpaired) electrons. The lowest BCUT2D eigenvalue weighted by Gasteiger charge is -2.15. The van der Waals surface area contributed by atoms with E-state index < -0.39 is 11.6 Å². The summed E-state index contributed by atoms with van der Waals surface area (Å²) >= 11 is 5.96. The predicted molar refractivity (Wildman–Crippen MR) is 79.2 cm³/mol. The van der Waals surface area contributed by atoms with Crippen LogP contribution in [0.25, 0.3) is 0 Å². The number of alkyl halides is 1. The van der Waals surface area contributed by atoms with Gasteiger partial charge in [-0.05, 0) is 43.4 Å². The van der Waals surface area contributed by atoms with Crippen LogP contribution < -0.4 is 0 Å². The van der Waals surface area contributed by atoms with Crippen LogP contribution in [0.15, 0.2) is 42.5 Å². The van der Waals surface area contributed by atoms with E-state index in [1.54, 1.807) is 0 Å². The van der Waals surface area contributed by atoms with E-state index in [0.29, 0.717) is 12.3 Å². The van der Waals surface area contributed by atoms with Gasteiger partial charge in [0.15, 0.2) is 0 Å². The maximum atomic E-state index is 13.7. The van der Waals surface area contributed by atoms with Crippen molar-refractivity contribution < 1.29 is 8.78 Å². The largest absolute Gasteiger partial charge is 0.207 e. The summed E-state index contributed by atoms with van der Waals surface area (Å²) in [5, 5.41) is 0. The van der Waals surface area contributed by atoms with E-state index in [1.165, 1.54) is 23.8 Å². The minimum atomic E-state index is -0.496. The van der Waals surface area contributed by atoms with Gasteiger partial charge in [-0.25, -0.2) is 8.78 Å². The molecule has 3 heteroatoms. The van der Waals surface area contributed by atoms with Crippen molar-refractivity contribution in [3.8, 4) is 0 Å². The average Bonchev–Trinajstić information content (AvgIpc) is 2.44. The second kappa shape index (κ2) is 6.85. The average molecular weight is 295 g/mol. The van der Waals surface area contributed by atoms with Crippen molar-refractivity contribution >= 4 is 11.6 Å². The van der Waals surface area contributed by atoms with Crippen molar-refractivity contribution in [2.24, 2.45) is 5.92 Å². The van der Waals surface area contributed by atoms with Gasteiger partial charge in [0, 0.05) is 11.4 Å². The van der Waals surface area contributed by atoms with Crippen LogP contribution >= 0.6 is 11.6 Å². The molecule has 0 saturated carbocycles. The molecule has 20 heavy (non-hydrogen) atoms. The van der Waals surface area contributed by atoms with Crippen LogP contribution in [0, 0.1) is 24.5 Å². The van der Waals surface area contributed by atoms with E-state index in [2.05, 4.69) is 0 Å². The van der Waals surface area contributed by atoms with Crippen LogP contribution in [-0.4, -0.2) is 5.88 Å². The molecule has 0 aliphatic heterocycles. The first-order valence-electron chi connectivity index (χ1n) is 6.64. The maximum Gasteiger partial charge on any atom is 0.129 e. The Kier molecular flexibility index (Phi) is 5.13. The molecule has 0 aromatic heterocycles. The molecular weight excluding hydrogens is 278 g/mol. The Morgan fingerprint density at radius 2 is 1.55 bits per heavy atom. The van der Waals surface area contributed by atoms with Crippen LogP contribution in [0.3, 0.4) is 0 Å². The summed E-state index contributed by atoms with van der Waals surface area (Å²) in [6.45, 7) is 2.03. The molecule has 0 spiro atoms. The van der Waals surface area contributed by atoms with E-state index in [1.807, 2.05) is 31.2 Å². The van der Waals surface area contributed by atoms with Gasteiger partial charge in [-0.3, -0.25) is 0 Å². The van der Waals surface area contributed by atoms with Gasteiger partial charge in [-0.15, -0.1) is 11.6 Å². The SMILES string of the molecule is Cc1ccc(CC(CCl)Cc2c(F)cccc2F)cc1. The summed E-state index contributed by atoms with van der Waals surface area (Å²) in [6.07, 6.45) is 1.04. The van der Waals surface area contributed by atoms with Gasteiger partial charge in [0.2, 0.25) is 0 Å². The maximum absolute atomic E-state index is 13.7. The summed E-state index contributed by atoms with van der Waals surface area (Å²) in [5.74, 6) is -0.597. The zero-order chi connectivity index (χ0) is 14.5. The predicted octanol–water partition coefficient (Wildman–Crippen LogP) is 4.91. The Morgan fingerprint density at radius 3 is 2.10 bits per heavy atom. The van der Waals surface area contributed by atoms with Crippen molar-refractivity contribution in [3.63, 3.8) is 0 Å². The van der Waals surface area contributed by atoms with Crippen LogP contribution in [-0.2, 0) is 12.8 Å². The van der Waals surface area contributed by atoms with Crippen molar-refractivity contribution in [3.05, 3.63) is 70.8 Å². The number of hydrogen-bond donors (Lipinski definition) is 0. The van der Waals surface area contributed by atoms with Crippen molar-refractivity contribution in [1.82, 2.24) is 0 Å². The minimum Gasteiger partial charge on any atom is -0.207 e. The molecule has 0 N–H and O–H groups in total. The summed E-state index contributed by atoms with van der Waals surface area (Å²) in [6, 6.07) is 12.1. The molecular formula is C17H17ClF2. The number of aryl methyl sites for hydroxylation is 1. The third kappa shape index (κ3) is 3.80. The molecule has 1 unspecified atom stereocenters. The van der Waals surface area contributed by atoms with Crippen LogP contribution in [0.1, 0.15) is 16.7 Å². The van der Waals surface area contributed by atoms with Crippen molar-refractivity contribution in [1.29, 1.82) is 0 Å². The first-order valence-corrected chi connectivity index (χ1v) is 7.18. The highest BCUT2D eigenvalue weighted by atomic mass is 35.5. The quantitative estimate of drug-likeness (QED) is 0.687. The lowest BCUT2D eigenvalue weighted by molar-refractivity contribution is 0.508. The number of hydrogen-bond acceptors (Lipinski definition) is 0. The summed E-state index contributed by atoms with van der Waals surface area (Å²) in [4.78, 5) is 0. The molecule has 2 aromatic rings. The third-order valence-electron chi connectivity index (χ3n) is 3.42. The van der Waals surface area contributed by atoms with E-state index in [-0.39, 0.29) is 11.5 Å². The molecule has 0 fully saturated rings. The molecule has 0 nitrogen and oxygen atoms in total. The summed E-state index contributed by atoms with van der Waals surface area (Å²) in [5.41, 5.74) is 2.46. The fourth-order valence-electron chi connectivity index (χ4n) is 2.25. The molecule has 0 bridgehead atoms. The molecule has 0 aliphatic rings. The molecule has 0 heterocycles. The van der Waals surface area contributed by atoms with Gasteiger partial charge in [-0.1, -0.05) is 35.9 Å². The molecule has 0 amide bonds. The highest BCUT2D eigenvalue weighted by Gasteiger charge is 2.15. The van der Waals surface area contributed by atoms with E-state index in [4.69, 9.17) is 11.6 Å². The summed E-state index contributed by atoms with van der Waals surface area (Å²) in [7, 11) is 0. The second-order valence-electron chi connectivity index (χ2n) is 5.11. The normalized spacial score (nSPS) is 12.4. The van der Waals surface area contributed by atoms with Crippen molar-refractivity contribution in [2.45, 2.75) is 19.8 Å². The molecule has 2 rings (SSSR count). The molecule has 106 valence electrons. The zero-order valence-corrected chi connectivity index (χ0v) is 12.1. The van der Waals surface area contributed by atoms with Crippen LogP contribution in [0.2, 0.25) is 0 Å². The zero-order valence-electron chi connectivity index (χ0n) is 11.4. The number of benzene rings is 2. The fraction of sp³-hybridized carbons (Fsp3) is 0.294. The standard InChI is InChI=1S/C17H17ClF2/c1-12-5-7-13(8-6-12)9-14(11-18)10-15-16(19)3-2-4-17(15)20/h2-8,14H,9-11H2,1H3. The Labute approximate surface area is 123 Å². The first kappa shape index (κ1) is 15.0. The third-order valence-corrected chi connectivity index (χ3v) is 3.85. The van der Waals surface area contributed by atoms with Gasteiger partial charge < -0.3 is 0 Å². The Bertz CT molecular complexity index is 543. The lowest BCUT2D eigenvalue weighted by atomic mass is 9.93. The van der Waals surface area contributed by atoms with Gasteiger partial charge in [0.25, 0.3) is 0 Å². The highest BCUT2D eigenvalue weighted by molar-refractivity contribution is 6.18. The minimum absolute atomic E-state index is 0.0192. The summed E-state index contributed by atoms with van der Waals surface area (Å²) < 4.78 is 27.3. The Balaban J connectivity index is 2.11. The van der Waals surface area contributed by atoms with Crippen LogP contribution in [0.5, 0.6) is 0 Å². The van der Waals surface area contributed by atoms with E-state index in [9.17, 15) is 8.78 Å². The van der Waals surface area contributed by atoms with E-state index in [0.717, 1.165) is 12.0 Å².